The number of aliphatic carboxylic acids is 1. The minimum atomic E-state index is -0.885. The highest BCUT2D eigenvalue weighted by Crippen LogP contribution is 2.26. The van der Waals surface area contributed by atoms with Gasteiger partial charge in [-0.3, -0.25) is 4.79 Å². The summed E-state index contributed by atoms with van der Waals surface area (Å²) in [5.74, 6) is -0.363. The number of carboxylic acids is 1. The molecule has 1 aromatic rings. The molecular weight excluding hydrogens is 272 g/mol. The lowest BCUT2D eigenvalue weighted by Gasteiger charge is -2.09. The number of carboxylic acid groups (broad SMARTS) is 1. The maximum atomic E-state index is 11.5. The van der Waals surface area contributed by atoms with E-state index in [1.54, 1.807) is 18.2 Å². The summed E-state index contributed by atoms with van der Waals surface area (Å²) in [5.41, 5.74) is 0.529. The van der Waals surface area contributed by atoms with Crippen molar-refractivity contribution in [2.75, 3.05) is 19.0 Å². The zero-order valence-electron chi connectivity index (χ0n) is 10.4. The van der Waals surface area contributed by atoms with Crippen LogP contribution in [0.2, 0.25) is 5.02 Å². The normalized spacial score (nSPS) is 9.79. The summed E-state index contributed by atoms with van der Waals surface area (Å²) in [6, 6.07) is 4.45. The Morgan fingerprint density at radius 1 is 1.42 bits per heavy atom. The Morgan fingerprint density at radius 2 is 2.16 bits per heavy atom. The van der Waals surface area contributed by atoms with Crippen LogP contribution < -0.4 is 15.4 Å². The van der Waals surface area contributed by atoms with Crippen molar-refractivity contribution in [2.24, 2.45) is 0 Å². The molecule has 2 amide bonds. The van der Waals surface area contributed by atoms with Crippen molar-refractivity contribution in [3.63, 3.8) is 0 Å². The van der Waals surface area contributed by atoms with Gasteiger partial charge in [-0.1, -0.05) is 11.6 Å². The van der Waals surface area contributed by atoms with Crippen molar-refractivity contribution in [3.05, 3.63) is 23.2 Å². The SMILES string of the molecule is COc1ccc(NC(=O)NCCCC(=O)O)cc1Cl. The van der Waals surface area contributed by atoms with Crippen molar-refractivity contribution < 1.29 is 19.4 Å². The minimum absolute atomic E-state index is 0.0225. The molecule has 0 aliphatic heterocycles. The standard InChI is InChI=1S/C12H15ClN2O4/c1-19-10-5-4-8(7-9(10)13)15-12(18)14-6-2-3-11(16)17/h4-5,7H,2-3,6H2,1H3,(H,16,17)(H2,14,15,18). The monoisotopic (exact) mass is 286 g/mol. The molecule has 0 unspecified atom stereocenters. The predicted octanol–water partition coefficient (Wildman–Crippen LogP) is 2.33. The maximum Gasteiger partial charge on any atom is 0.319 e. The number of amides is 2. The van der Waals surface area contributed by atoms with E-state index < -0.39 is 12.0 Å². The van der Waals surface area contributed by atoms with Crippen LogP contribution in [0.5, 0.6) is 5.75 Å². The minimum Gasteiger partial charge on any atom is -0.495 e. The van der Waals surface area contributed by atoms with E-state index in [4.69, 9.17) is 21.4 Å². The molecule has 104 valence electrons. The molecule has 3 N–H and O–H groups in total. The third-order valence-electron chi connectivity index (χ3n) is 2.26. The summed E-state index contributed by atoms with van der Waals surface area (Å²) in [6.07, 6.45) is 0.404. The van der Waals surface area contributed by atoms with Crippen LogP contribution in [0.15, 0.2) is 18.2 Å². The predicted molar refractivity (Wildman–Crippen MR) is 71.9 cm³/mol. The van der Waals surface area contributed by atoms with Crippen LogP contribution in [-0.4, -0.2) is 30.8 Å². The molecule has 7 heteroatoms. The van der Waals surface area contributed by atoms with Crippen molar-refractivity contribution in [1.82, 2.24) is 5.32 Å². The van der Waals surface area contributed by atoms with Gasteiger partial charge in [0.15, 0.2) is 0 Å². The average Bonchev–Trinajstić information content (AvgIpc) is 2.35. The lowest BCUT2D eigenvalue weighted by molar-refractivity contribution is -0.137. The van der Waals surface area contributed by atoms with Gasteiger partial charge in [-0.15, -0.1) is 0 Å². The van der Waals surface area contributed by atoms with E-state index in [9.17, 15) is 9.59 Å². The molecule has 6 nitrogen and oxygen atoms in total. The number of benzene rings is 1. The van der Waals surface area contributed by atoms with Crippen molar-refractivity contribution in [1.29, 1.82) is 0 Å². The summed E-state index contributed by atoms with van der Waals surface area (Å²) < 4.78 is 4.99. The molecule has 19 heavy (non-hydrogen) atoms. The highest BCUT2D eigenvalue weighted by atomic mass is 35.5. The van der Waals surface area contributed by atoms with Gasteiger partial charge in [-0.05, 0) is 24.6 Å². The molecule has 0 atom stereocenters. The second-order valence-corrected chi connectivity index (χ2v) is 4.13. The molecule has 1 rings (SSSR count). The number of hydrogen-bond acceptors (Lipinski definition) is 3. The van der Waals surface area contributed by atoms with E-state index in [0.29, 0.717) is 29.4 Å². The summed E-state index contributed by atoms with van der Waals surface area (Å²) >= 11 is 5.91. The zero-order valence-corrected chi connectivity index (χ0v) is 11.2. The number of nitrogens with one attached hydrogen (secondary N) is 2. The molecule has 1 aromatic carbocycles. The second kappa shape index (κ2) is 7.48. The molecule has 0 saturated heterocycles. The number of urea groups is 1. The smallest absolute Gasteiger partial charge is 0.319 e. The van der Waals surface area contributed by atoms with Crippen molar-refractivity contribution >= 4 is 29.3 Å². The number of ether oxygens (including phenoxy) is 1. The number of carbonyl (C=O) groups is 2. The van der Waals surface area contributed by atoms with E-state index in [1.807, 2.05) is 0 Å². The van der Waals surface area contributed by atoms with E-state index in [2.05, 4.69) is 10.6 Å². The molecule has 0 bridgehead atoms. The van der Waals surface area contributed by atoms with Gasteiger partial charge >= 0.3 is 12.0 Å². The lowest BCUT2D eigenvalue weighted by atomic mass is 10.3. The topological polar surface area (TPSA) is 87.7 Å². The lowest BCUT2D eigenvalue weighted by Crippen LogP contribution is -2.29. The van der Waals surface area contributed by atoms with Gasteiger partial charge in [0, 0.05) is 18.7 Å². The highest BCUT2D eigenvalue weighted by molar-refractivity contribution is 6.32. The summed E-state index contributed by atoms with van der Waals surface area (Å²) in [4.78, 5) is 21.8. The number of rotatable bonds is 6. The maximum absolute atomic E-state index is 11.5. The number of carbonyl (C=O) groups excluding carboxylic acids is 1. The summed E-state index contributed by atoms with van der Waals surface area (Å²) in [6.45, 7) is 0.294. The van der Waals surface area contributed by atoms with Gasteiger partial charge in [0.05, 0.1) is 12.1 Å². The van der Waals surface area contributed by atoms with Gasteiger partial charge in [-0.2, -0.15) is 0 Å². The molecule has 0 fully saturated rings. The first-order valence-corrected chi connectivity index (χ1v) is 6.01. The molecule has 0 heterocycles. The number of anilines is 1. The van der Waals surface area contributed by atoms with E-state index in [-0.39, 0.29) is 6.42 Å². The molecule has 0 spiro atoms. The Hall–Kier alpha value is -1.95. The fourth-order valence-electron chi connectivity index (χ4n) is 1.36. The fourth-order valence-corrected chi connectivity index (χ4v) is 1.62. The molecule has 0 saturated carbocycles. The van der Waals surface area contributed by atoms with Crippen LogP contribution in [0.4, 0.5) is 10.5 Å². The largest absolute Gasteiger partial charge is 0.495 e. The highest BCUT2D eigenvalue weighted by Gasteiger charge is 2.05. The van der Waals surface area contributed by atoms with Crippen LogP contribution in [-0.2, 0) is 4.79 Å². The van der Waals surface area contributed by atoms with E-state index >= 15 is 0 Å². The number of hydrogen-bond donors (Lipinski definition) is 3. The van der Waals surface area contributed by atoms with Crippen LogP contribution in [0.25, 0.3) is 0 Å². The molecule has 0 aliphatic rings. The quantitative estimate of drug-likeness (QED) is 0.700. The molecule has 0 radical (unpaired) electrons. The molecular formula is C12H15ClN2O4. The van der Waals surface area contributed by atoms with Crippen molar-refractivity contribution in [3.8, 4) is 5.75 Å². The van der Waals surface area contributed by atoms with Gasteiger partial charge in [0.1, 0.15) is 5.75 Å². The Balaban J connectivity index is 2.40. The van der Waals surface area contributed by atoms with Gasteiger partial charge in [0.2, 0.25) is 0 Å². The van der Waals surface area contributed by atoms with E-state index in [0.717, 1.165) is 0 Å². The van der Waals surface area contributed by atoms with Gasteiger partial charge in [-0.25, -0.2) is 4.79 Å². The average molecular weight is 287 g/mol. The number of methoxy groups -OCH3 is 1. The third-order valence-corrected chi connectivity index (χ3v) is 2.56. The molecule has 0 aromatic heterocycles. The number of halogens is 1. The Labute approximate surface area is 115 Å². The van der Waals surface area contributed by atoms with Crippen molar-refractivity contribution in [2.45, 2.75) is 12.8 Å². The third kappa shape index (κ3) is 5.48. The zero-order chi connectivity index (χ0) is 14.3. The Bertz CT molecular complexity index is 465. The van der Waals surface area contributed by atoms with Gasteiger partial charge < -0.3 is 20.5 Å². The summed E-state index contributed by atoms with van der Waals surface area (Å²) in [5, 5.41) is 14.0. The van der Waals surface area contributed by atoms with Crippen LogP contribution >= 0.6 is 11.6 Å². The Kier molecular flexibility index (Phi) is 5.95. The summed E-state index contributed by atoms with van der Waals surface area (Å²) in [7, 11) is 1.50. The first-order valence-electron chi connectivity index (χ1n) is 5.63. The fraction of sp³-hybridized carbons (Fsp3) is 0.333. The van der Waals surface area contributed by atoms with Crippen LogP contribution in [0.1, 0.15) is 12.8 Å². The first-order chi connectivity index (χ1) is 9.02. The Morgan fingerprint density at radius 3 is 2.74 bits per heavy atom. The van der Waals surface area contributed by atoms with E-state index in [1.165, 1.54) is 7.11 Å². The van der Waals surface area contributed by atoms with Crippen LogP contribution in [0, 0.1) is 0 Å². The second-order valence-electron chi connectivity index (χ2n) is 3.73. The molecule has 0 aliphatic carbocycles. The first kappa shape index (κ1) is 15.1. The van der Waals surface area contributed by atoms with Crippen LogP contribution in [0.3, 0.4) is 0 Å². The van der Waals surface area contributed by atoms with Gasteiger partial charge in [0.25, 0.3) is 0 Å².